The Morgan fingerprint density at radius 2 is 2.08 bits per heavy atom. The second-order valence-electron chi connectivity index (χ2n) is 6.43. The number of benzene rings is 1. The normalized spacial score (nSPS) is 12.2. The third kappa shape index (κ3) is 6.78. The quantitative estimate of drug-likeness (QED) is 0.559. The highest BCUT2D eigenvalue weighted by atomic mass is 32.2. The van der Waals surface area contributed by atoms with Gasteiger partial charge in [0.2, 0.25) is 0 Å². The lowest BCUT2D eigenvalue weighted by atomic mass is 10.1. The van der Waals surface area contributed by atoms with Crippen molar-refractivity contribution in [2.75, 3.05) is 19.3 Å². The maximum Gasteiger partial charge on any atom is 0.191 e. The lowest BCUT2D eigenvalue weighted by molar-refractivity contribution is 0.664. The van der Waals surface area contributed by atoms with Crippen LogP contribution < -0.4 is 10.6 Å². The monoisotopic (exact) mass is 360 g/mol. The van der Waals surface area contributed by atoms with Gasteiger partial charge in [0.25, 0.3) is 0 Å². The molecule has 0 saturated heterocycles. The number of aromatic nitrogens is 3. The van der Waals surface area contributed by atoms with Gasteiger partial charge in [-0.2, -0.15) is 16.9 Å². The molecule has 0 aliphatic carbocycles. The third-order valence-electron chi connectivity index (χ3n) is 3.80. The topological polar surface area (TPSA) is 67.1 Å². The van der Waals surface area contributed by atoms with E-state index in [1.54, 1.807) is 12.7 Å². The van der Waals surface area contributed by atoms with E-state index in [-0.39, 0.29) is 4.75 Å². The van der Waals surface area contributed by atoms with Gasteiger partial charge in [-0.1, -0.05) is 24.3 Å². The molecule has 0 unspecified atom stereocenters. The third-order valence-corrected chi connectivity index (χ3v) is 5.05. The number of guanidine groups is 1. The molecule has 2 rings (SSSR count). The molecule has 136 valence electrons. The molecule has 0 atom stereocenters. The zero-order valence-corrected chi connectivity index (χ0v) is 16.3. The molecule has 6 nitrogen and oxygen atoms in total. The molecule has 0 aliphatic heterocycles. The van der Waals surface area contributed by atoms with Gasteiger partial charge in [0, 0.05) is 17.8 Å². The van der Waals surface area contributed by atoms with Crippen molar-refractivity contribution in [2.45, 2.75) is 38.6 Å². The fraction of sp³-hybridized carbons (Fsp3) is 0.500. The minimum Gasteiger partial charge on any atom is -0.357 e. The van der Waals surface area contributed by atoms with Gasteiger partial charge < -0.3 is 10.6 Å². The molecule has 0 bridgehead atoms. The van der Waals surface area contributed by atoms with Crippen molar-refractivity contribution in [3.8, 4) is 0 Å². The number of nitrogens with one attached hydrogen (secondary N) is 2. The van der Waals surface area contributed by atoms with E-state index in [0.29, 0.717) is 6.54 Å². The molecular formula is C18H28N6S. The number of hydrogen-bond donors (Lipinski definition) is 2. The number of thioether (sulfide) groups is 1. The summed E-state index contributed by atoms with van der Waals surface area (Å²) in [6, 6.07) is 8.43. The number of rotatable bonds is 8. The molecule has 0 saturated carbocycles. The van der Waals surface area contributed by atoms with Crippen molar-refractivity contribution in [3.63, 3.8) is 0 Å². The second-order valence-corrected chi connectivity index (χ2v) is 7.94. The van der Waals surface area contributed by atoms with Gasteiger partial charge in [-0.15, -0.1) is 0 Å². The maximum atomic E-state index is 4.71. The molecule has 0 spiro atoms. The largest absolute Gasteiger partial charge is 0.357 e. The van der Waals surface area contributed by atoms with E-state index >= 15 is 0 Å². The molecule has 2 aromatic rings. The predicted octanol–water partition coefficient (Wildman–Crippen LogP) is 2.52. The maximum absolute atomic E-state index is 4.71. The molecule has 25 heavy (non-hydrogen) atoms. The van der Waals surface area contributed by atoms with Crippen LogP contribution >= 0.6 is 11.8 Å². The van der Waals surface area contributed by atoms with Crippen LogP contribution in [-0.2, 0) is 13.1 Å². The smallest absolute Gasteiger partial charge is 0.191 e. The average molecular weight is 361 g/mol. The number of nitrogens with zero attached hydrogens (tertiary/aromatic N) is 4. The van der Waals surface area contributed by atoms with Gasteiger partial charge in [-0.3, -0.25) is 0 Å². The summed E-state index contributed by atoms with van der Waals surface area (Å²) in [6.07, 6.45) is 5.41. The molecular weight excluding hydrogens is 332 g/mol. The zero-order valence-electron chi connectivity index (χ0n) is 15.5. The first-order chi connectivity index (χ1) is 12.0. The SMILES string of the molecule is CCNC(=NCc1cccc(Cn2cncn2)c1)NCC(C)(C)SC. The van der Waals surface area contributed by atoms with Crippen LogP contribution in [0.5, 0.6) is 0 Å². The Morgan fingerprint density at radius 3 is 2.76 bits per heavy atom. The predicted molar refractivity (Wildman–Crippen MR) is 106 cm³/mol. The van der Waals surface area contributed by atoms with E-state index in [2.05, 4.69) is 72.0 Å². The highest BCUT2D eigenvalue weighted by Crippen LogP contribution is 2.19. The average Bonchev–Trinajstić information content (AvgIpc) is 3.11. The van der Waals surface area contributed by atoms with E-state index in [1.165, 1.54) is 11.1 Å². The van der Waals surface area contributed by atoms with Gasteiger partial charge in [0.1, 0.15) is 12.7 Å². The minimum absolute atomic E-state index is 0.175. The number of hydrogen-bond acceptors (Lipinski definition) is 4. The Morgan fingerprint density at radius 1 is 1.28 bits per heavy atom. The zero-order chi connectivity index (χ0) is 18.1. The van der Waals surface area contributed by atoms with Gasteiger partial charge in [0.05, 0.1) is 13.1 Å². The Bertz CT molecular complexity index is 666. The summed E-state index contributed by atoms with van der Waals surface area (Å²) in [7, 11) is 0. The molecule has 0 amide bonds. The van der Waals surface area contributed by atoms with Crippen molar-refractivity contribution < 1.29 is 0 Å². The van der Waals surface area contributed by atoms with E-state index in [4.69, 9.17) is 4.99 Å². The van der Waals surface area contributed by atoms with Crippen LogP contribution in [0.2, 0.25) is 0 Å². The fourth-order valence-electron chi connectivity index (χ4n) is 2.21. The van der Waals surface area contributed by atoms with Gasteiger partial charge in [-0.25, -0.2) is 14.7 Å². The first-order valence-corrected chi connectivity index (χ1v) is 9.72. The lowest BCUT2D eigenvalue weighted by Gasteiger charge is -2.23. The summed E-state index contributed by atoms with van der Waals surface area (Å²) >= 11 is 1.85. The van der Waals surface area contributed by atoms with Crippen molar-refractivity contribution in [2.24, 2.45) is 4.99 Å². The van der Waals surface area contributed by atoms with Gasteiger partial charge >= 0.3 is 0 Å². The summed E-state index contributed by atoms with van der Waals surface area (Å²) in [5.41, 5.74) is 2.37. The van der Waals surface area contributed by atoms with Crippen molar-refractivity contribution in [1.82, 2.24) is 25.4 Å². The Kier molecular flexibility index (Phi) is 7.31. The summed E-state index contributed by atoms with van der Waals surface area (Å²) in [4.78, 5) is 8.69. The summed E-state index contributed by atoms with van der Waals surface area (Å²) in [5.74, 6) is 0.853. The lowest BCUT2D eigenvalue weighted by Crippen LogP contribution is -2.43. The standard InChI is InChI=1S/C18H28N6S/c1-5-20-17(22-12-18(2,3)25-4)21-10-15-7-6-8-16(9-15)11-24-14-19-13-23-24/h6-9,13-14H,5,10-12H2,1-4H3,(H2,20,21,22). The molecule has 0 fully saturated rings. The van der Waals surface area contributed by atoms with Crippen molar-refractivity contribution >= 4 is 17.7 Å². The first kappa shape index (κ1) is 19.3. The van der Waals surface area contributed by atoms with Crippen LogP contribution in [0.25, 0.3) is 0 Å². The van der Waals surface area contributed by atoms with Crippen LogP contribution in [-0.4, -0.2) is 44.8 Å². The molecule has 1 heterocycles. The molecule has 1 aromatic heterocycles. The van der Waals surface area contributed by atoms with E-state index in [9.17, 15) is 0 Å². The van der Waals surface area contributed by atoms with E-state index in [0.717, 1.165) is 25.6 Å². The molecule has 7 heteroatoms. The van der Waals surface area contributed by atoms with Crippen LogP contribution in [0.4, 0.5) is 0 Å². The molecule has 0 aliphatic rings. The van der Waals surface area contributed by atoms with E-state index < -0.39 is 0 Å². The highest BCUT2D eigenvalue weighted by molar-refractivity contribution is 7.99. The minimum atomic E-state index is 0.175. The summed E-state index contributed by atoms with van der Waals surface area (Å²) in [6.45, 7) is 9.60. The van der Waals surface area contributed by atoms with Gasteiger partial charge in [-0.05, 0) is 38.2 Å². The fourth-order valence-corrected chi connectivity index (χ4v) is 2.43. The highest BCUT2D eigenvalue weighted by Gasteiger charge is 2.16. The summed E-state index contributed by atoms with van der Waals surface area (Å²) in [5, 5.41) is 10.9. The van der Waals surface area contributed by atoms with Crippen LogP contribution in [0, 0.1) is 0 Å². The van der Waals surface area contributed by atoms with Crippen molar-refractivity contribution in [1.29, 1.82) is 0 Å². The molecule has 2 N–H and O–H groups in total. The first-order valence-electron chi connectivity index (χ1n) is 8.50. The van der Waals surface area contributed by atoms with E-state index in [1.807, 2.05) is 16.4 Å². The van der Waals surface area contributed by atoms with Crippen LogP contribution in [0.3, 0.4) is 0 Å². The Balaban J connectivity index is 1.99. The number of aliphatic imine (C=N–C) groups is 1. The van der Waals surface area contributed by atoms with Gasteiger partial charge in [0.15, 0.2) is 5.96 Å². The summed E-state index contributed by atoms with van der Waals surface area (Å²) < 4.78 is 1.99. The van der Waals surface area contributed by atoms with Crippen LogP contribution in [0.15, 0.2) is 41.9 Å². The van der Waals surface area contributed by atoms with Crippen molar-refractivity contribution in [3.05, 3.63) is 48.0 Å². The van der Waals surface area contributed by atoms with Crippen LogP contribution in [0.1, 0.15) is 31.9 Å². The molecule has 1 aromatic carbocycles. The molecule has 0 radical (unpaired) electrons. The Hall–Kier alpha value is -2.02. The Labute approximate surface area is 154 Å². The second kappa shape index (κ2) is 9.46.